The largest absolute Gasteiger partial charge is 0.334 e. The van der Waals surface area contributed by atoms with E-state index in [-0.39, 0.29) is 5.91 Å². The van der Waals surface area contributed by atoms with Crippen molar-refractivity contribution in [2.45, 2.75) is 45.6 Å². The molecule has 1 fully saturated rings. The maximum atomic E-state index is 12.7. The number of carbonyl (C=O) groups is 1. The fourth-order valence-corrected chi connectivity index (χ4v) is 2.69. The number of hydrogen-bond donors (Lipinski definition) is 2. The third-order valence-corrected chi connectivity index (χ3v) is 3.59. The van der Waals surface area contributed by atoms with E-state index in [1.807, 2.05) is 4.90 Å². The first-order valence-corrected chi connectivity index (χ1v) is 7.21. The van der Waals surface area contributed by atoms with Crippen LogP contribution in [0.5, 0.6) is 0 Å². The lowest BCUT2D eigenvalue weighted by atomic mass is 10.1. The van der Waals surface area contributed by atoms with Crippen molar-refractivity contribution in [2.75, 3.05) is 12.0 Å². The Morgan fingerprint density at radius 1 is 1.45 bits per heavy atom. The van der Waals surface area contributed by atoms with Gasteiger partial charge in [0.2, 0.25) is 0 Å². The maximum absolute atomic E-state index is 12.7. The third kappa shape index (κ3) is 3.45. The minimum atomic E-state index is -0.0461. The molecule has 1 saturated carbocycles. The van der Waals surface area contributed by atoms with Gasteiger partial charge in [0.25, 0.3) is 5.91 Å². The van der Waals surface area contributed by atoms with Gasteiger partial charge in [-0.1, -0.05) is 26.7 Å². The molecule has 1 aromatic rings. The normalized spacial score (nSPS) is 15.6. The van der Waals surface area contributed by atoms with Crippen molar-refractivity contribution >= 4 is 11.7 Å². The Morgan fingerprint density at radius 2 is 2.15 bits per heavy atom. The van der Waals surface area contributed by atoms with Crippen LogP contribution in [0.2, 0.25) is 0 Å². The number of hydrogen-bond acceptors (Lipinski definition) is 5. The van der Waals surface area contributed by atoms with Crippen molar-refractivity contribution in [1.82, 2.24) is 14.9 Å². The van der Waals surface area contributed by atoms with Crippen LogP contribution < -0.4 is 11.3 Å². The highest BCUT2D eigenvalue weighted by molar-refractivity contribution is 5.92. The second-order valence-corrected chi connectivity index (χ2v) is 5.72. The second-order valence-electron chi connectivity index (χ2n) is 5.72. The SMILES string of the molecule is CC(C)CN(C(=O)c1cncc(NN)n1)C1CCCC1. The van der Waals surface area contributed by atoms with Gasteiger partial charge in [-0.3, -0.25) is 9.78 Å². The van der Waals surface area contributed by atoms with Crippen molar-refractivity contribution in [3.63, 3.8) is 0 Å². The zero-order valence-corrected chi connectivity index (χ0v) is 12.2. The van der Waals surface area contributed by atoms with Gasteiger partial charge in [-0.25, -0.2) is 10.8 Å². The molecule has 0 saturated heterocycles. The quantitative estimate of drug-likeness (QED) is 0.633. The summed E-state index contributed by atoms with van der Waals surface area (Å²) in [6.45, 7) is 5.00. The zero-order chi connectivity index (χ0) is 14.5. The number of nitrogens with one attached hydrogen (secondary N) is 1. The van der Waals surface area contributed by atoms with Crippen molar-refractivity contribution in [1.29, 1.82) is 0 Å². The van der Waals surface area contributed by atoms with Gasteiger partial charge < -0.3 is 10.3 Å². The number of carbonyl (C=O) groups excluding carboxylic acids is 1. The molecule has 0 unspecified atom stereocenters. The highest BCUT2D eigenvalue weighted by atomic mass is 16.2. The van der Waals surface area contributed by atoms with E-state index in [0.29, 0.717) is 23.5 Å². The standard InChI is InChI=1S/C14H23N5O/c1-10(2)9-19(11-5-3-4-6-11)14(20)12-7-16-8-13(17-12)18-15/h7-8,10-11H,3-6,9,15H2,1-2H3,(H,17,18). The molecule has 6 nitrogen and oxygen atoms in total. The Labute approximate surface area is 119 Å². The molecular weight excluding hydrogens is 254 g/mol. The summed E-state index contributed by atoms with van der Waals surface area (Å²) < 4.78 is 0. The molecule has 0 spiro atoms. The van der Waals surface area contributed by atoms with Crippen LogP contribution >= 0.6 is 0 Å². The molecule has 1 amide bonds. The van der Waals surface area contributed by atoms with Gasteiger partial charge in [-0.2, -0.15) is 0 Å². The summed E-state index contributed by atoms with van der Waals surface area (Å²) in [7, 11) is 0. The summed E-state index contributed by atoms with van der Waals surface area (Å²) >= 11 is 0. The van der Waals surface area contributed by atoms with Crippen molar-refractivity contribution < 1.29 is 4.79 Å². The molecule has 3 N–H and O–H groups in total. The highest BCUT2D eigenvalue weighted by Crippen LogP contribution is 2.25. The van der Waals surface area contributed by atoms with Crippen molar-refractivity contribution in [2.24, 2.45) is 11.8 Å². The number of amides is 1. The van der Waals surface area contributed by atoms with Gasteiger partial charge in [-0.05, 0) is 18.8 Å². The van der Waals surface area contributed by atoms with E-state index in [2.05, 4.69) is 29.2 Å². The highest BCUT2D eigenvalue weighted by Gasteiger charge is 2.28. The molecule has 0 bridgehead atoms. The Bertz CT molecular complexity index is 457. The number of aromatic nitrogens is 2. The average molecular weight is 277 g/mol. The van der Waals surface area contributed by atoms with Gasteiger partial charge >= 0.3 is 0 Å². The van der Waals surface area contributed by atoms with Gasteiger partial charge in [0, 0.05) is 12.6 Å². The first kappa shape index (κ1) is 14.7. The molecular formula is C14H23N5O. The molecule has 0 aromatic carbocycles. The number of nitrogens with zero attached hydrogens (tertiary/aromatic N) is 3. The molecule has 1 aliphatic rings. The van der Waals surface area contributed by atoms with E-state index >= 15 is 0 Å². The molecule has 6 heteroatoms. The Kier molecular flexibility index (Phi) is 4.89. The smallest absolute Gasteiger partial charge is 0.274 e. The monoisotopic (exact) mass is 277 g/mol. The van der Waals surface area contributed by atoms with Crippen LogP contribution in [-0.2, 0) is 0 Å². The third-order valence-electron chi connectivity index (χ3n) is 3.59. The van der Waals surface area contributed by atoms with Crippen LogP contribution in [-0.4, -0.2) is 33.4 Å². The van der Waals surface area contributed by atoms with E-state index < -0.39 is 0 Å². The molecule has 0 radical (unpaired) electrons. The Morgan fingerprint density at radius 3 is 2.75 bits per heavy atom. The van der Waals surface area contributed by atoms with Crippen LogP contribution in [0.15, 0.2) is 12.4 Å². The Balaban J connectivity index is 2.20. The first-order valence-electron chi connectivity index (χ1n) is 7.21. The molecule has 1 heterocycles. The molecule has 1 aliphatic carbocycles. The predicted octanol–water partition coefficient (Wildman–Crippen LogP) is 1.80. The predicted molar refractivity (Wildman–Crippen MR) is 78.0 cm³/mol. The van der Waals surface area contributed by atoms with Crippen LogP contribution in [0.25, 0.3) is 0 Å². The summed E-state index contributed by atoms with van der Waals surface area (Å²) in [6, 6.07) is 0.334. The fourth-order valence-electron chi connectivity index (χ4n) is 2.69. The zero-order valence-electron chi connectivity index (χ0n) is 12.2. The fraction of sp³-hybridized carbons (Fsp3) is 0.643. The van der Waals surface area contributed by atoms with E-state index in [1.165, 1.54) is 25.2 Å². The summed E-state index contributed by atoms with van der Waals surface area (Å²) in [5.74, 6) is 6.12. The van der Waals surface area contributed by atoms with Crippen LogP contribution in [0.1, 0.15) is 50.0 Å². The van der Waals surface area contributed by atoms with E-state index in [0.717, 1.165) is 19.4 Å². The lowest BCUT2D eigenvalue weighted by Crippen LogP contribution is -2.41. The summed E-state index contributed by atoms with van der Waals surface area (Å²) in [4.78, 5) is 22.9. The second kappa shape index (κ2) is 6.65. The molecule has 0 aliphatic heterocycles. The summed E-state index contributed by atoms with van der Waals surface area (Å²) in [5.41, 5.74) is 2.78. The topological polar surface area (TPSA) is 84.1 Å². The number of hydrazine groups is 1. The molecule has 1 aromatic heterocycles. The van der Waals surface area contributed by atoms with Gasteiger partial charge in [0.1, 0.15) is 5.69 Å². The lowest BCUT2D eigenvalue weighted by molar-refractivity contribution is 0.0649. The first-order chi connectivity index (χ1) is 9.61. The van der Waals surface area contributed by atoms with Gasteiger partial charge in [0.15, 0.2) is 5.82 Å². The molecule has 20 heavy (non-hydrogen) atoms. The van der Waals surface area contributed by atoms with Crippen LogP contribution in [0, 0.1) is 5.92 Å². The van der Waals surface area contributed by atoms with Gasteiger partial charge in [-0.15, -0.1) is 0 Å². The van der Waals surface area contributed by atoms with E-state index in [9.17, 15) is 4.79 Å². The Hall–Kier alpha value is -1.69. The molecule has 2 rings (SSSR count). The minimum absolute atomic E-state index is 0.0461. The van der Waals surface area contributed by atoms with Gasteiger partial charge in [0.05, 0.1) is 12.4 Å². The van der Waals surface area contributed by atoms with Crippen LogP contribution in [0.3, 0.4) is 0 Å². The lowest BCUT2D eigenvalue weighted by Gasteiger charge is -2.30. The average Bonchev–Trinajstić information content (AvgIpc) is 2.98. The molecule has 0 atom stereocenters. The van der Waals surface area contributed by atoms with E-state index in [4.69, 9.17) is 5.84 Å². The summed E-state index contributed by atoms with van der Waals surface area (Å²) in [5, 5.41) is 0. The van der Waals surface area contributed by atoms with Crippen LogP contribution in [0.4, 0.5) is 5.82 Å². The van der Waals surface area contributed by atoms with Crippen molar-refractivity contribution in [3.8, 4) is 0 Å². The summed E-state index contributed by atoms with van der Waals surface area (Å²) in [6.07, 6.45) is 7.57. The van der Waals surface area contributed by atoms with E-state index in [1.54, 1.807) is 0 Å². The number of nitrogens with two attached hydrogens (primary N) is 1. The number of nitrogen functional groups attached to an aromatic ring is 1. The maximum Gasteiger partial charge on any atom is 0.274 e. The minimum Gasteiger partial charge on any atom is -0.334 e. The number of rotatable bonds is 5. The molecule has 110 valence electrons. The van der Waals surface area contributed by atoms with Crippen molar-refractivity contribution in [3.05, 3.63) is 18.1 Å². The number of anilines is 1.